The fourth-order valence-electron chi connectivity index (χ4n) is 2.80. The smallest absolute Gasteiger partial charge is 0.240 e. The van der Waals surface area contributed by atoms with Gasteiger partial charge in [0, 0.05) is 37.7 Å². The number of amides is 1. The Bertz CT molecular complexity index is 477. The van der Waals surface area contributed by atoms with Crippen LogP contribution in [0.4, 0.5) is 0 Å². The van der Waals surface area contributed by atoms with E-state index >= 15 is 0 Å². The molecular weight excluding hydrogens is 308 g/mol. The first kappa shape index (κ1) is 18.3. The van der Waals surface area contributed by atoms with Gasteiger partial charge in [0.2, 0.25) is 5.91 Å². The Morgan fingerprint density at radius 1 is 1.30 bits per heavy atom. The summed E-state index contributed by atoms with van der Waals surface area (Å²) in [6, 6.07) is 9.88. The first-order valence-electron chi connectivity index (χ1n) is 8.44. The molecule has 0 aromatic heterocycles. The summed E-state index contributed by atoms with van der Waals surface area (Å²) in [7, 11) is 0. The highest BCUT2D eigenvalue weighted by Crippen LogP contribution is 2.15. The van der Waals surface area contributed by atoms with Crippen molar-refractivity contribution in [2.45, 2.75) is 39.0 Å². The van der Waals surface area contributed by atoms with E-state index in [1.807, 2.05) is 60.8 Å². The van der Waals surface area contributed by atoms with Gasteiger partial charge in [-0.05, 0) is 18.9 Å². The fraction of sp³-hybridized carbons (Fsp3) is 0.611. The minimum Gasteiger partial charge on any atom is -0.391 e. The van der Waals surface area contributed by atoms with Crippen LogP contribution in [0.25, 0.3) is 0 Å². The second-order valence-electron chi connectivity index (χ2n) is 6.09. The Hall–Kier alpha value is -1.04. The predicted molar refractivity (Wildman–Crippen MR) is 96.5 cm³/mol. The first-order chi connectivity index (χ1) is 11.1. The Morgan fingerprint density at radius 3 is 2.57 bits per heavy atom. The molecule has 2 atom stereocenters. The van der Waals surface area contributed by atoms with Crippen LogP contribution in [-0.2, 0) is 11.3 Å². The molecule has 1 N–H and O–H groups in total. The van der Waals surface area contributed by atoms with Crippen molar-refractivity contribution in [2.24, 2.45) is 0 Å². The molecular formula is C18H28N2O2S. The number of aliphatic hydroxyl groups excluding tert-OH is 1. The van der Waals surface area contributed by atoms with Gasteiger partial charge in [-0.15, -0.1) is 0 Å². The van der Waals surface area contributed by atoms with Crippen molar-refractivity contribution in [1.29, 1.82) is 0 Å². The van der Waals surface area contributed by atoms with E-state index in [0.717, 1.165) is 30.2 Å². The Labute approximate surface area is 143 Å². The molecule has 1 fully saturated rings. The minimum absolute atomic E-state index is 0.119. The van der Waals surface area contributed by atoms with Gasteiger partial charge in [0.25, 0.3) is 0 Å². The van der Waals surface area contributed by atoms with Crippen molar-refractivity contribution >= 4 is 17.7 Å². The molecule has 23 heavy (non-hydrogen) atoms. The van der Waals surface area contributed by atoms with Crippen molar-refractivity contribution in [3.63, 3.8) is 0 Å². The summed E-state index contributed by atoms with van der Waals surface area (Å²) in [6.07, 6.45) is 0.194. The van der Waals surface area contributed by atoms with Crippen LogP contribution in [0.15, 0.2) is 30.3 Å². The van der Waals surface area contributed by atoms with E-state index in [-0.39, 0.29) is 11.9 Å². The lowest BCUT2D eigenvalue weighted by atomic mass is 10.1. The summed E-state index contributed by atoms with van der Waals surface area (Å²) in [4.78, 5) is 17.0. The molecule has 2 unspecified atom stereocenters. The summed E-state index contributed by atoms with van der Waals surface area (Å²) in [5.41, 5.74) is 1.10. The Morgan fingerprint density at radius 2 is 1.96 bits per heavy atom. The number of nitrogens with zero attached hydrogens (tertiary/aromatic N) is 2. The summed E-state index contributed by atoms with van der Waals surface area (Å²) in [5.74, 6) is 2.30. The third kappa shape index (κ3) is 5.52. The molecule has 128 valence electrons. The van der Waals surface area contributed by atoms with Crippen molar-refractivity contribution in [3.8, 4) is 0 Å². The molecule has 1 aliphatic rings. The lowest BCUT2D eigenvalue weighted by molar-refractivity contribution is -0.138. The van der Waals surface area contributed by atoms with Crippen LogP contribution in [0.1, 0.15) is 25.8 Å². The summed E-state index contributed by atoms with van der Waals surface area (Å²) in [6.45, 7) is 6.83. The molecule has 5 heteroatoms. The summed E-state index contributed by atoms with van der Waals surface area (Å²) >= 11 is 1.95. The lowest BCUT2D eigenvalue weighted by Gasteiger charge is -2.35. The number of benzene rings is 1. The number of hydrogen-bond acceptors (Lipinski definition) is 4. The summed E-state index contributed by atoms with van der Waals surface area (Å²) in [5, 5.41) is 10.0. The van der Waals surface area contributed by atoms with Gasteiger partial charge in [0.1, 0.15) is 0 Å². The SMILES string of the molecule is CCC(O)CN(Cc1ccccc1)C(=O)C(C)N1CCSCC1. The van der Waals surface area contributed by atoms with Crippen molar-refractivity contribution < 1.29 is 9.90 Å². The maximum Gasteiger partial charge on any atom is 0.240 e. The van der Waals surface area contributed by atoms with E-state index in [9.17, 15) is 9.90 Å². The molecule has 1 aliphatic heterocycles. The molecule has 0 aliphatic carbocycles. The quantitative estimate of drug-likeness (QED) is 0.829. The van der Waals surface area contributed by atoms with Gasteiger partial charge >= 0.3 is 0 Å². The average Bonchev–Trinajstić information content (AvgIpc) is 2.61. The third-order valence-electron chi connectivity index (χ3n) is 4.38. The molecule has 1 aromatic carbocycles. The predicted octanol–water partition coefficient (Wildman–Crippen LogP) is 2.22. The average molecular weight is 337 g/mol. The van der Waals surface area contributed by atoms with Crippen molar-refractivity contribution in [1.82, 2.24) is 9.80 Å². The summed E-state index contributed by atoms with van der Waals surface area (Å²) < 4.78 is 0. The van der Waals surface area contributed by atoms with Gasteiger partial charge in [-0.2, -0.15) is 11.8 Å². The highest BCUT2D eigenvalue weighted by atomic mass is 32.2. The van der Waals surface area contributed by atoms with Gasteiger partial charge in [-0.25, -0.2) is 0 Å². The van der Waals surface area contributed by atoms with Gasteiger partial charge in [0.05, 0.1) is 12.1 Å². The number of carbonyl (C=O) groups excluding carboxylic acids is 1. The number of rotatable bonds is 7. The highest BCUT2D eigenvalue weighted by Gasteiger charge is 2.28. The van der Waals surface area contributed by atoms with Crippen LogP contribution in [0, 0.1) is 0 Å². The van der Waals surface area contributed by atoms with Crippen LogP contribution in [0.2, 0.25) is 0 Å². The van der Waals surface area contributed by atoms with E-state index in [2.05, 4.69) is 4.90 Å². The third-order valence-corrected chi connectivity index (χ3v) is 5.32. The molecule has 0 radical (unpaired) electrons. The topological polar surface area (TPSA) is 43.8 Å². The van der Waals surface area contributed by atoms with Crippen molar-refractivity contribution in [3.05, 3.63) is 35.9 Å². The molecule has 1 heterocycles. The lowest BCUT2D eigenvalue weighted by Crippen LogP contribution is -2.51. The maximum atomic E-state index is 13.0. The Balaban J connectivity index is 2.06. The number of thioether (sulfide) groups is 1. The fourth-order valence-corrected chi connectivity index (χ4v) is 3.74. The second-order valence-corrected chi connectivity index (χ2v) is 7.32. The Kier molecular flexibility index (Phi) is 7.40. The van der Waals surface area contributed by atoms with Crippen LogP contribution in [0.5, 0.6) is 0 Å². The second kappa shape index (κ2) is 9.30. The molecule has 2 rings (SSSR count). The minimum atomic E-state index is -0.466. The number of aliphatic hydroxyl groups is 1. The molecule has 1 aromatic rings. The van der Waals surface area contributed by atoms with Gasteiger partial charge in [0.15, 0.2) is 0 Å². The van der Waals surface area contributed by atoms with Crippen LogP contribution >= 0.6 is 11.8 Å². The van der Waals surface area contributed by atoms with Crippen LogP contribution in [-0.4, -0.2) is 64.1 Å². The van der Waals surface area contributed by atoms with E-state index < -0.39 is 6.10 Å². The molecule has 1 saturated heterocycles. The van der Waals surface area contributed by atoms with Crippen LogP contribution < -0.4 is 0 Å². The van der Waals surface area contributed by atoms with E-state index in [0.29, 0.717) is 19.5 Å². The molecule has 1 amide bonds. The number of carbonyl (C=O) groups is 1. The largest absolute Gasteiger partial charge is 0.391 e. The molecule has 0 bridgehead atoms. The zero-order valence-corrected chi connectivity index (χ0v) is 15.0. The standard InChI is InChI=1S/C18H28N2O2S/c1-3-17(21)14-20(13-16-7-5-4-6-8-16)18(22)15(2)19-9-11-23-12-10-19/h4-8,15,17,21H,3,9-14H2,1-2H3. The van der Waals surface area contributed by atoms with Gasteiger partial charge in [-0.1, -0.05) is 37.3 Å². The van der Waals surface area contributed by atoms with E-state index in [4.69, 9.17) is 0 Å². The molecule has 0 spiro atoms. The van der Waals surface area contributed by atoms with Gasteiger partial charge in [-0.3, -0.25) is 9.69 Å². The monoisotopic (exact) mass is 336 g/mol. The maximum absolute atomic E-state index is 13.0. The zero-order chi connectivity index (χ0) is 16.7. The number of hydrogen-bond donors (Lipinski definition) is 1. The van der Waals surface area contributed by atoms with Crippen LogP contribution in [0.3, 0.4) is 0 Å². The van der Waals surface area contributed by atoms with E-state index in [1.165, 1.54) is 0 Å². The highest BCUT2D eigenvalue weighted by molar-refractivity contribution is 7.99. The molecule has 0 saturated carbocycles. The molecule has 4 nitrogen and oxygen atoms in total. The first-order valence-corrected chi connectivity index (χ1v) is 9.59. The van der Waals surface area contributed by atoms with Crippen molar-refractivity contribution in [2.75, 3.05) is 31.1 Å². The van der Waals surface area contributed by atoms with E-state index in [1.54, 1.807) is 0 Å². The van der Waals surface area contributed by atoms with Gasteiger partial charge < -0.3 is 10.0 Å². The zero-order valence-electron chi connectivity index (χ0n) is 14.1. The normalized spacial score (nSPS) is 18.4.